The molecule has 0 amide bonds. The highest BCUT2D eigenvalue weighted by Crippen LogP contribution is 2.14. The lowest BCUT2D eigenvalue weighted by atomic mass is 10.0. The molecular formula is C40H73N3O7. The molecule has 0 radical (unpaired) electrons. The topological polar surface area (TPSA) is 150 Å². The van der Waals surface area contributed by atoms with E-state index in [-0.39, 0.29) is 6.54 Å². The molecule has 2 unspecified atom stereocenters. The molecule has 0 fully saturated rings. The van der Waals surface area contributed by atoms with Crippen molar-refractivity contribution in [2.75, 3.05) is 13.1 Å². The summed E-state index contributed by atoms with van der Waals surface area (Å²) in [6, 6.07) is -1.02. The molecule has 0 aromatic rings. The maximum Gasteiger partial charge on any atom is 0.276 e. The summed E-state index contributed by atoms with van der Waals surface area (Å²) in [5, 5.41) is 40.7. The van der Waals surface area contributed by atoms with Crippen LogP contribution in [0.3, 0.4) is 0 Å². The van der Waals surface area contributed by atoms with Crippen LogP contribution >= 0.6 is 0 Å². The van der Waals surface area contributed by atoms with Gasteiger partial charge < -0.3 is 5.11 Å². The molecule has 0 aliphatic heterocycles. The van der Waals surface area contributed by atoms with Crippen LogP contribution in [-0.2, 0) is 0 Å². The molecule has 10 nitrogen and oxygen atoms in total. The molecule has 0 heterocycles. The van der Waals surface area contributed by atoms with E-state index in [2.05, 4.69) is 62.5 Å². The van der Waals surface area contributed by atoms with E-state index in [1.807, 2.05) is 0 Å². The number of rotatable bonds is 35. The molecule has 10 heteroatoms. The first-order chi connectivity index (χ1) is 24.2. The first-order valence-corrected chi connectivity index (χ1v) is 19.9. The van der Waals surface area contributed by atoms with Crippen molar-refractivity contribution in [3.05, 3.63) is 79.0 Å². The predicted molar refractivity (Wildman–Crippen MR) is 208 cm³/mol. The van der Waals surface area contributed by atoms with E-state index in [1.54, 1.807) is 0 Å². The number of nitro groups is 3. The van der Waals surface area contributed by atoms with Gasteiger partial charge in [0.25, 0.3) is 12.6 Å². The van der Waals surface area contributed by atoms with Crippen molar-refractivity contribution in [1.82, 2.24) is 0 Å². The fraction of sp³-hybridized carbons (Fsp3) is 0.800. The second-order valence-electron chi connectivity index (χ2n) is 13.4. The zero-order valence-corrected chi connectivity index (χ0v) is 31.8. The van der Waals surface area contributed by atoms with Crippen LogP contribution in [0.25, 0.3) is 0 Å². The van der Waals surface area contributed by atoms with E-state index < -0.39 is 33.5 Å². The monoisotopic (exact) mass is 708 g/mol. The summed E-state index contributed by atoms with van der Waals surface area (Å²) in [6.45, 7) is 3.57. The summed E-state index contributed by atoms with van der Waals surface area (Å²) in [7, 11) is 0. The van der Waals surface area contributed by atoms with Crippen LogP contribution in [0.15, 0.2) is 48.6 Å². The normalized spacial score (nSPS) is 12.9. The summed E-state index contributed by atoms with van der Waals surface area (Å²) in [4.78, 5) is 29.7. The minimum absolute atomic E-state index is 0.326. The Morgan fingerprint density at radius 3 is 1.22 bits per heavy atom. The Morgan fingerprint density at radius 2 is 0.820 bits per heavy atom. The lowest BCUT2D eigenvalue weighted by Gasteiger charge is -2.05. The Morgan fingerprint density at radius 1 is 0.460 bits per heavy atom. The minimum Gasteiger partial charge on any atom is -0.386 e. The van der Waals surface area contributed by atoms with Crippen LogP contribution in [0.1, 0.15) is 181 Å². The quantitative estimate of drug-likeness (QED) is 0.0298. The van der Waals surface area contributed by atoms with E-state index in [9.17, 15) is 35.4 Å². The molecule has 0 aromatic heterocycles. The van der Waals surface area contributed by atoms with Gasteiger partial charge in [-0.15, -0.1) is 0 Å². The number of nitrogens with zero attached hydrogens (tertiary/aromatic N) is 3. The van der Waals surface area contributed by atoms with Crippen LogP contribution < -0.4 is 0 Å². The van der Waals surface area contributed by atoms with Gasteiger partial charge in [0.15, 0.2) is 0 Å². The van der Waals surface area contributed by atoms with E-state index >= 15 is 0 Å². The third-order valence-corrected chi connectivity index (χ3v) is 8.52. The van der Waals surface area contributed by atoms with Crippen LogP contribution in [-0.4, -0.2) is 45.1 Å². The molecular weight excluding hydrogens is 634 g/mol. The van der Waals surface area contributed by atoms with Crippen molar-refractivity contribution >= 4 is 0 Å². The Labute approximate surface area is 304 Å². The van der Waals surface area contributed by atoms with Crippen molar-refractivity contribution in [3.63, 3.8) is 0 Å². The molecule has 50 heavy (non-hydrogen) atoms. The number of hydrogen-bond donors (Lipinski definition) is 1. The Bertz CT molecular complexity index is 905. The molecule has 0 aliphatic carbocycles. The van der Waals surface area contributed by atoms with E-state index in [0.717, 1.165) is 51.4 Å². The average Bonchev–Trinajstić information content (AvgIpc) is 3.07. The lowest BCUT2D eigenvalue weighted by molar-refractivity contribution is -0.588. The molecule has 290 valence electrons. The molecule has 0 saturated carbocycles. The highest BCUT2D eigenvalue weighted by atomic mass is 16.6. The Hall–Kier alpha value is -2.88. The second-order valence-corrected chi connectivity index (χ2v) is 13.4. The van der Waals surface area contributed by atoms with Crippen molar-refractivity contribution < 1.29 is 19.9 Å². The summed E-state index contributed by atoms with van der Waals surface area (Å²) >= 11 is 0. The van der Waals surface area contributed by atoms with Gasteiger partial charge >= 0.3 is 0 Å². The first kappa shape index (κ1) is 49.2. The summed E-state index contributed by atoms with van der Waals surface area (Å²) in [6.07, 6.45) is 45.7. The fourth-order valence-electron chi connectivity index (χ4n) is 5.48. The number of unbranched alkanes of at least 4 members (excludes halogenated alkanes) is 18. The van der Waals surface area contributed by atoms with Gasteiger partial charge in [0.2, 0.25) is 6.54 Å². The maximum absolute atomic E-state index is 10.7. The van der Waals surface area contributed by atoms with Crippen molar-refractivity contribution in [2.24, 2.45) is 0 Å². The highest BCUT2D eigenvalue weighted by molar-refractivity contribution is 4.99. The van der Waals surface area contributed by atoms with Gasteiger partial charge in [-0.1, -0.05) is 165 Å². The van der Waals surface area contributed by atoms with Gasteiger partial charge in [0.05, 0.1) is 0 Å². The summed E-state index contributed by atoms with van der Waals surface area (Å²) < 4.78 is 0. The molecule has 0 bridgehead atoms. The molecule has 2 atom stereocenters. The third kappa shape index (κ3) is 43.1. The lowest BCUT2D eigenvalue weighted by Crippen LogP contribution is -2.28. The van der Waals surface area contributed by atoms with E-state index in [1.165, 1.54) is 103 Å². The maximum atomic E-state index is 10.7. The molecule has 0 rings (SSSR count). The SMILES string of the molecule is CCCCC/C=C\C/C=C\C/C=C\C/C=C\CCCC(O)C[N+](=O)[O-].CCCCCCCCCCCCCCCCCC(C[N+](=O)[O-])[N+](=O)[O-]. The number of aliphatic hydroxyl groups is 1. The molecule has 0 spiro atoms. The smallest absolute Gasteiger partial charge is 0.276 e. The van der Waals surface area contributed by atoms with Gasteiger partial charge in [-0.2, -0.15) is 0 Å². The van der Waals surface area contributed by atoms with Crippen LogP contribution in [0.4, 0.5) is 0 Å². The molecule has 0 saturated heterocycles. The number of hydrogen-bond acceptors (Lipinski definition) is 7. The van der Waals surface area contributed by atoms with Crippen LogP contribution in [0.5, 0.6) is 0 Å². The van der Waals surface area contributed by atoms with Gasteiger partial charge in [0, 0.05) is 21.2 Å². The van der Waals surface area contributed by atoms with Gasteiger partial charge in [-0.3, -0.25) is 30.3 Å². The predicted octanol–water partition coefficient (Wildman–Crippen LogP) is 11.9. The van der Waals surface area contributed by atoms with Crippen molar-refractivity contribution in [1.29, 1.82) is 0 Å². The average molecular weight is 708 g/mol. The molecule has 1 N–H and O–H groups in total. The Kier molecular flexibility index (Phi) is 39.9. The summed E-state index contributed by atoms with van der Waals surface area (Å²) in [5.41, 5.74) is 0. The van der Waals surface area contributed by atoms with Crippen LogP contribution in [0, 0.1) is 30.3 Å². The third-order valence-electron chi connectivity index (χ3n) is 8.52. The van der Waals surface area contributed by atoms with Gasteiger partial charge in [-0.25, -0.2) is 0 Å². The van der Waals surface area contributed by atoms with Crippen LogP contribution in [0.2, 0.25) is 0 Å². The molecule has 0 aromatic carbocycles. The first-order valence-electron chi connectivity index (χ1n) is 19.9. The number of allylic oxidation sites excluding steroid dienone is 8. The minimum atomic E-state index is -1.02. The van der Waals surface area contributed by atoms with Gasteiger partial charge in [0.1, 0.15) is 6.10 Å². The highest BCUT2D eigenvalue weighted by Gasteiger charge is 2.25. The summed E-state index contributed by atoms with van der Waals surface area (Å²) in [5.74, 6) is 0. The zero-order chi connectivity index (χ0) is 37.3. The second kappa shape index (κ2) is 40.5. The van der Waals surface area contributed by atoms with Crippen molar-refractivity contribution in [2.45, 2.75) is 193 Å². The standard InChI is InChI=1S/C21H35NO3.C19H38N2O4/c1-2-3-4-5-6-7-8-9-10-11-12-13-14-15-16-17-18-19-21(23)20-22(24)25;1-2-3-4-5-6-7-8-9-10-11-12-13-14-15-16-17-19(21(24)25)18-20(22)23/h6-7,9-10,12-13,15-16,21,23H,2-5,8,11,14,17-20H2,1H3;19H,2-18H2,1H3/b7-6-,10-9-,13-12-,16-15-;. The largest absolute Gasteiger partial charge is 0.386 e. The van der Waals surface area contributed by atoms with Crippen molar-refractivity contribution in [3.8, 4) is 0 Å². The number of aliphatic hydroxyl groups excluding tert-OH is 1. The van der Waals surface area contributed by atoms with Gasteiger partial charge in [-0.05, 0) is 57.8 Å². The van der Waals surface area contributed by atoms with E-state index in [0.29, 0.717) is 12.8 Å². The zero-order valence-electron chi connectivity index (χ0n) is 31.8. The molecule has 0 aliphatic rings. The van der Waals surface area contributed by atoms with E-state index in [4.69, 9.17) is 0 Å². The Balaban J connectivity index is 0. The fourth-order valence-corrected chi connectivity index (χ4v) is 5.48.